The third kappa shape index (κ3) is 4.61. The van der Waals surface area contributed by atoms with Crippen molar-refractivity contribution in [2.45, 2.75) is 49.5 Å². The first-order chi connectivity index (χ1) is 8.11. The van der Waals surface area contributed by atoms with Gasteiger partial charge < -0.3 is 24.8 Å². The predicted octanol–water partition coefficient (Wildman–Crippen LogP) is -1.93. The molecule has 0 aromatic heterocycles. The molecule has 0 atom stereocenters. The van der Waals surface area contributed by atoms with Gasteiger partial charge in [-0.15, -0.1) is 0 Å². The van der Waals surface area contributed by atoms with E-state index in [-0.39, 0.29) is 44.0 Å². The summed E-state index contributed by atoms with van der Waals surface area (Å²) in [6, 6.07) is 0. The molecule has 0 spiro atoms. The maximum Gasteiger partial charge on any atom is -1.00 e. The Balaban J connectivity index is 0.00000162. The summed E-state index contributed by atoms with van der Waals surface area (Å²) >= 11 is 0.169. The van der Waals surface area contributed by atoms with E-state index in [1.54, 1.807) is 22.3 Å². The van der Waals surface area contributed by atoms with Crippen LogP contribution in [-0.2, 0) is 19.2 Å². The second-order valence-corrected chi connectivity index (χ2v) is 7.87. The molecule has 1 aliphatic heterocycles. The maximum absolute atomic E-state index is 2.66. The number of allylic oxidation sites excluding steroid dienone is 4. The third-order valence-corrected chi connectivity index (χ3v) is 7.38. The molecule has 0 radical (unpaired) electrons. The van der Waals surface area contributed by atoms with Crippen LogP contribution in [-0.4, -0.2) is 24.5 Å². The Morgan fingerprint density at radius 3 is 1.89 bits per heavy atom. The smallest absolute Gasteiger partial charge is 1.00 e. The van der Waals surface area contributed by atoms with Crippen molar-refractivity contribution in [3.8, 4) is 0 Å². The van der Waals surface area contributed by atoms with Crippen LogP contribution in [0.5, 0.6) is 0 Å². The fraction of sp³-hybridized carbons (Fsp3) is 0.733. The monoisotopic (exact) mass is 337 g/mol. The van der Waals surface area contributed by atoms with Gasteiger partial charge in [0.25, 0.3) is 0 Å². The van der Waals surface area contributed by atoms with Crippen LogP contribution < -0.4 is 24.8 Å². The molecule has 4 heteroatoms. The van der Waals surface area contributed by atoms with Crippen LogP contribution in [0.2, 0.25) is 8.95 Å². The van der Waals surface area contributed by atoms with E-state index >= 15 is 0 Å². The van der Waals surface area contributed by atoms with Gasteiger partial charge in [0.2, 0.25) is 0 Å². The Bertz CT molecular complexity index is 333. The first-order valence-electron chi connectivity index (χ1n) is 6.92. The van der Waals surface area contributed by atoms with E-state index in [9.17, 15) is 0 Å². The van der Waals surface area contributed by atoms with Gasteiger partial charge in [-0.25, -0.2) is 0 Å². The van der Waals surface area contributed by atoms with Crippen molar-refractivity contribution in [3.63, 3.8) is 0 Å². The summed E-state index contributed by atoms with van der Waals surface area (Å²) in [6.45, 7) is 13.4. The van der Waals surface area contributed by atoms with Crippen LogP contribution in [0, 0.1) is 0 Å². The number of rotatable bonds is 4. The van der Waals surface area contributed by atoms with Crippen molar-refractivity contribution in [1.82, 2.24) is 4.90 Å². The van der Waals surface area contributed by atoms with Gasteiger partial charge in [-0.05, 0) is 0 Å². The van der Waals surface area contributed by atoms with E-state index < -0.39 is 0 Å². The van der Waals surface area contributed by atoms with Crippen LogP contribution in [0.3, 0.4) is 0 Å². The van der Waals surface area contributed by atoms with E-state index in [4.69, 9.17) is 0 Å². The Hall–Kier alpha value is 0.734. The predicted molar refractivity (Wildman–Crippen MR) is 71.0 cm³/mol. The van der Waals surface area contributed by atoms with Crippen LogP contribution in [0.15, 0.2) is 22.3 Å². The molecular formula is C15H25Cl2NTi. The molecule has 2 aliphatic rings. The van der Waals surface area contributed by atoms with Crippen molar-refractivity contribution in [3.05, 3.63) is 22.3 Å². The average molecular weight is 338 g/mol. The zero-order valence-corrected chi connectivity index (χ0v) is 15.6. The second kappa shape index (κ2) is 8.90. The number of halogens is 2. The van der Waals surface area contributed by atoms with Crippen molar-refractivity contribution in [2.75, 3.05) is 19.6 Å². The number of nitrogens with zero attached hydrogens (tertiary/aromatic N) is 1. The molecule has 0 saturated carbocycles. The zero-order valence-electron chi connectivity index (χ0n) is 12.5. The molecule has 1 aliphatic carbocycles. The van der Waals surface area contributed by atoms with Crippen LogP contribution in [0.25, 0.3) is 0 Å². The Morgan fingerprint density at radius 2 is 1.42 bits per heavy atom. The molecule has 0 amide bonds. The minimum atomic E-state index is 0. The molecule has 0 bridgehead atoms. The number of hydrogen-bond acceptors (Lipinski definition) is 1. The summed E-state index contributed by atoms with van der Waals surface area (Å²) in [7, 11) is 0. The molecule has 0 unspecified atom stereocenters. The summed E-state index contributed by atoms with van der Waals surface area (Å²) in [5.74, 6) is 0. The first-order valence-corrected chi connectivity index (χ1v) is 8.92. The van der Waals surface area contributed by atoms with Crippen LogP contribution in [0.4, 0.5) is 0 Å². The van der Waals surface area contributed by atoms with E-state index in [0.29, 0.717) is 0 Å². The van der Waals surface area contributed by atoms with Gasteiger partial charge in [0, 0.05) is 0 Å². The number of hydrogen-bond donors (Lipinski definition) is 0. The topological polar surface area (TPSA) is 3.24 Å². The van der Waals surface area contributed by atoms with Gasteiger partial charge in [0.15, 0.2) is 0 Å². The molecule has 1 fully saturated rings. The van der Waals surface area contributed by atoms with Gasteiger partial charge >= 0.3 is 115 Å². The first kappa shape index (κ1) is 19.7. The van der Waals surface area contributed by atoms with E-state index in [1.165, 1.54) is 37.2 Å². The fourth-order valence-electron chi connectivity index (χ4n) is 3.03. The van der Waals surface area contributed by atoms with Crippen molar-refractivity contribution < 1.29 is 44.0 Å². The molecule has 1 heterocycles. The largest absolute Gasteiger partial charge is 1.00 e. The van der Waals surface area contributed by atoms with Gasteiger partial charge in [0.1, 0.15) is 0 Å². The molecule has 0 N–H and O–H groups in total. The Labute approximate surface area is 140 Å². The van der Waals surface area contributed by atoms with Crippen molar-refractivity contribution in [1.29, 1.82) is 0 Å². The van der Waals surface area contributed by atoms with Crippen LogP contribution in [0.1, 0.15) is 40.5 Å². The molecule has 1 saturated heterocycles. The molecule has 1 nitrogen and oxygen atoms in total. The van der Waals surface area contributed by atoms with E-state index in [2.05, 4.69) is 32.6 Å². The SMILES string of the molecule is CC1=C(C)[CH]([Ti+2][CH2]CN2CCCC2)C(C)=C1C.[Cl-].[Cl-]. The Morgan fingerprint density at radius 1 is 0.947 bits per heavy atom. The van der Waals surface area contributed by atoms with E-state index in [1.807, 2.05) is 0 Å². The summed E-state index contributed by atoms with van der Waals surface area (Å²) < 4.78 is 2.36. The average Bonchev–Trinajstić information content (AvgIpc) is 2.89. The standard InChI is InChI=1S/C9H13.C6H12N.2ClH.Ti/c1-6-5-7(2)9(4)8(6)3;1-2-7-5-3-4-6-7;;;/h5H,1-4H3;1-6H2;2*1H;/q;;;;+2/p-2. The van der Waals surface area contributed by atoms with Crippen molar-refractivity contribution in [2.24, 2.45) is 0 Å². The third-order valence-electron chi connectivity index (χ3n) is 4.59. The molecular weight excluding hydrogens is 313 g/mol. The van der Waals surface area contributed by atoms with Crippen LogP contribution >= 0.6 is 0 Å². The van der Waals surface area contributed by atoms with E-state index in [0.717, 1.165) is 4.22 Å². The summed E-state index contributed by atoms with van der Waals surface area (Å²) in [6.07, 6.45) is 2.86. The second-order valence-electron chi connectivity index (χ2n) is 5.55. The van der Waals surface area contributed by atoms with Crippen molar-refractivity contribution >= 4 is 0 Å². The fourth-order valence-corrected chi connectivity index (χ4v) is 5.81. The van der Waals surface area contributed by atoms with Gasteiger partial charge in [-0.2, -0.15) is 0 Å². The molecule has 0 aromatic rings. The molecule has 2 rings (SSSR count). The molecule has 108 valence electrons. The summed E-state index contributed by atoms with van der Waals surface area (Å²) in [5.41, 5.74) is 6.53. The van der Waals surface area contributed by atoms with Gasteiger partial charge in [-0.1, -0.05) is 0 Å². The Kier molecular flexibility index (Phi) is 9.24. The normalized spacial score (nSPS) is 20.4. The summed E-state index contributed by atoms with van der Waals surface area (Å²) in [4.78, 5) is 2.66. The molecule has 0 aromatic carbocycles. The quantitative estimate of drug-likeness (QED) is 0.540. The van der Waals surface area contributed by atoms with Gasteiger partial charge in [0.05, 0.1) is 0 Å². The molecule has 19 heavy (non-hydrogen) atoms. The number of likely N-dealkylation sites (tertiary alicyclic amines) is 1. The summed E-state index contributed by atoms with van der Waals surface area (Å²) in [5, 5.41) is 0. The minimum Gasteiger partial charge on any atom is -1.00 e. The maximum atomic E-state index is 2.66. The van der Waals surface area contributed by atoms with Gasteiger partial charge in [-0.3, -0.25) is 0 Å². The minimum absolute atomic E-state index is 0. The zero-order chi connectivity index (χ0) is 12.4.